The lowest BCUT2D eigenvalue weighted by Crippen LogP contribution is -2.24. The SMILES string of the molecule is Cc1ccc(C)c(Nc2ccc(C(=O)NCc3ccncc3)nn2)c1. The first kappa shape index (κ1) is 16.6. The molecule has 2 aromatic heterocycles. The van der Waals surface area contributed by atoms with Crippen LogP contribution < -0.4 is 10.6 Å². The first-order chi connectivity index (χ1) is 12.1. The van der Waals surface area contributed by atoms with Gasteiger partial charge in [-0.2, -0.15) is 0 Å². The molecule has 6 heteroatoms. The molecule has 0 fully saturated rings. The normalized spacial score (nSPS) is 10.3. The second-order valence-corrected chi connectivity index (χ2v) is 5.79. The summed E-state index contributed by atoms with van der Waals surface area (Å²) in [6.07, 6.45) is 3.38. The Morgan fingerprint density at radius 3 is 2.52 bits per heavy atom. The van der Waals surface area contributed by atoms with Crippen molar-refractivity contribution in [2.75, 3.05) is 5.32 Å². The number of carbonyl (C=O) groups is 1. The summed E-state index contributed by atoms with van der Waals surface area (Å²) in [7, 11) is 0. The van der Waals surface area contributed by atoms with E-state index in [0.717, 1.165) is 22.4 Å². The van der Waals surface area contributed by atoms with Crippen molar-refractivity contribution in [3.05, 3.63) is 77.2 Å². The van der Waals surface area contributed by atoms with Crippen molar-refractivity contribution in [2.24, 2.45) is 0 Å². The molecule has 0 saturated carbocycles. The van der Waals surface area contributed by atoms with Crippen LogP contribution in [-0.4, -0.2) is 21.1 Å². The fourth-order valence-corrected chi connectivity index (χ4v) is 2.30. The van der Waals surface area contributed by atoms with Crippen LogP contribution in [0.5, 0.6) is 0 Å². The molecule has 0 bridgehead atoms. The third kappa shape index (κ3) is 4.38. The largest absolute Gasteiger partial charge is 0.347 e. The first-order valence-electron chi connectivity index (χ1n) is 7.97. The molecule has 0 unspecified atom stereocenters. The third-order valence-electron chi connectivity index (χ3n) is 3.76. The van der Waals surface area contributed by atoms with Gasteiger partial charge in [0, 0.05) is 24.6 Å². The van der Waals surface area contributed by atoms with Crippen molar-refractivity contribution >= 4 is 17.4 Å². The fourth-order valence-electron chi connectivity index (χ4n) is 2.30. The standard InChI is InChI=1S/C19H19N5O/c1-13-3-4-14(2)17(11-13)22-18-6-5-16(23-24-18)19(25)21-12-15-7-9-20-10-8-15/h3-11H,12H2,1-2H3,(H,21,25)(H,22,24). The number of anilines is 2. The summed E-state index contributed by atoms with van der Waals surface area (Å²) >= 11 is 0. The lowest BCUT2D eigenvalue weighted by Gasteiger charge is -2.09. The molecule has 0 spiro atoms. The second-order valence-electron chi connectivity index (χ2n) is 5.79. The van der Waals surface area contributed by atoms with E-state index in [-0.39, 0.29) is 11.6 Å². The summed E-state index contributed by atoms with van der Waals surface area (Å²) in [6.45, 7) is 4.48. The second kappa shape index (κ2) is 7.53. The van der Waals surface area contributed by atoms with E-state index in [9.17, 15) is 4.79 Å². The molecule has 0 saturated heterocycles. The molecule has 6 nitrogen and oxygen atoms in total. The van der Waals surface area contributed by atoms with E-state index >= 15 is 0 Å². The van der Waals surface area contributed by atoms with Crippen LogP contribution in [0.3, 0.4) is 0 Å². The molecule has 0 atom stereocenters. The molecular formula is C19H19N5O. The molecule has 0 radical (unpaired) electrons. The molecule has 1 amide bonds. The Morgan fingerprint density at radius 1 is 1.00 bits per heavy atom. The number of pyridine rings is 1. The quantitative estimate of drug-likeness (QED) is 0.750. The lowest BCUT2D eigenvalue weighted by atomic mass is 10.1. The van der Waals surface area contributed by atoms with E-state index in [2.05, 4.69) is 31.9 Å². The molecule has 0 aliphatic heterocycles. The van der Waals surface area contributed by atoms with E-state index in [4.69, 9.17) is 0 Å². The number of carbonyl (C=O) groups excluding carboxylic acids is 1. The van der Waals surface area contributed by atoms with Crippen LogP contribution in [0, 0.1) is 13.8 Å². The molecule has 0 aliphatic rings. The molecular weight excluding hydrogens is 314 g/mol. The van der Waals surface area contributed by atoms with Crippen molar-refractivity contribution < 1.29 is 4.79 Å². The van der Waals surface area contributed by atoms with Crippen LogP contribution in [0.15, 0.2) is 54.9 Å². The minimum absolute atomic E-state index is 0.261. The number of nitrogens with one attached hydrogen (secondary N) is 2. The predicted octanol–water partition coefficient (Wildman–Crippen LogP) is 3.16. The van der Waals surface area contributed by atoms with Gasteiger partial charge in [-0.15, -0.1) is 10.2 Å². The van der Waals surface area contributed by atoms with E-state index in [1.54, 1.807) is 24.5 Å². The minimum atomic E-state index is -0.261. The number of nitrogens with zero attached hydrogens (tertiary/aromatic N) is 3. The Labute approximate surface area is 146 Å². The van der Waals surface area contributed by atoms with Gasteiger partial charge in [-0.1, -0.05) is 12.1 Å². The maximum atomic E-state index is 12.1. The van der Waals surface area contributed by atoms with Gasteiger partial charge in [0.2, 0.25) is 0 Å². The van der Waals surface area contributed by atoms with Gasteiger partial charge < -0.3 is 10.6 Å². The Balaban J connectivity index is 1.63. The smallest absolute Gasteiger partial charge is 0.272 e. The Bertz CT molecular complexity index is 863. The van der Waals surface area contributed by atoms with E-state index in [0.29, 0.717) is 12.4 Å². The summed E-state index contributed by atoms with van der Waals surface area (Å²) in [6, 6.07) is 13.3. The first-order valence-corrected chi connectivity index (χ1v) is 7.97. The van der Waals surface area contributed by atoms with Crippen LogP contribution in [0.25, 0.3) is 0 Å². The van der Waals surface area contributed by atoms with Gasteiger partial charge >= 0.3 is 0 Å². The predicted molar refractivity (Wildman–Crippen MR) is 96.6 cm³/mol. The number of hydrogen-bond donors (Lipinski definition) is 2. The maximum Gasteiger partial charge on any atom is 0.272 e. The molecule has 2 N–H and O–H groups in total. The number of rotatable bonds is 5. The fraction of sp³-hybridized carbons (Fsp3) is 0.158. The van der Waals surface area contributed by atoms with Gasteiger partial charge in [0.15, 0.2) is 11.5 Å². The molecule has 2 heterocycles. The van der Waals surface area contributed by atoms with Crippen LogP contribution in [-0.2, 0) is 6.54 Å². The van der Waals surface area contributed by atoms with Crippen LogP contribution >= 0.6 is 0 Å². The highest BCUT2D eigenvalue weighted by Gasteiger charge is 2.08. The van der Waals surface area contributed by atoms with E-state index < -0.39 is 0 Å². The van der Waals surface area contributed by atoms with Crippen LogP contribution in [0.4, 0.5) is 11.5 Å². The average molecular weight is 333 g/mol. The lowest BCUT2D eigenvalue weighted by molar-refractivity contribution is 0.0945. The molecule has 0 aliphatic carbocycles. The Kier molecular flexibility index (Phi) is 4.99. The van der Waals surface area contributed by atoms with Crippen molar-refractivity contribution in [1.29, 1.82) is 0 Å². The van der Waals surface area contributed by atoms with Crippen molar-refractivity contribution in [3.63, 3.8) is 0 Å². The highest BCUT2D eigenvalue weighted by molar-refractivity contribution is 5.92. The van der Waals surface area contributed by atoms with Crippen molar-refractivity contribution in [2.45, 2.75) is 20.4 Å². The molecule has 25 heavy (non-hydrogen) atoms. The summed E-state index contributed by atoms with van der Waals surface area (Å²) in [5.74, 6) is 0.335. The number of aromatic nitrogens is 3. The molecule has 1 aromatic carbocycles. The number of hydrogen-bond acceptors (Lipinski definition) is 5. The van der Waals surface area contributed by atoms with Crippen molar-refractivity contribution in [1.82, 2.24) is 20.5 Å². The Hall–Kier alpha value is -3.28. The van der Waals surface area contributed by atoms with Gasteiger partial charge in [0.1, 0.15) is 0 Å². The summed E-state index contributed by atoms with van der Waals surface area (Å²) < 4.78 is 0. The van der Waals surface area contributed by atoms with Gasteiger partial charge in [-0.05, 0) is 60.9 Å². The van der Waals surface area contributed by atoms with Gasteiger partial charge in [-0.25, -0.2) is 0 Å². The van der Waals surface area contributed by atoms with Gasteiger partial charge in [0.05, 0.1) is 0 Å². The zero-order chi connectivity index (χ0) is 17.6. The average Bonchev–Trinajstić information content (AvgIpc) is 2.64. The van der Waals surface area contributed by atoms with Gasteiger partial charge in [0.25, 0.3) is 5.91 Å². The highest BCUT2D eigenvalue weighted by Crippen LogP contribution is 2.20. The zero-order valence-electron chi connectivity index (χ0n) is 14.2. The number of benzene rings is 1. The monoisotopic (exact) mass is 333 g/mol. The summed E-state index contributed by atoms with van der Waals surface area (Å²) in [4.78, 5) is 16.1. The highest BCUT2D eigenvalue weighted by atomic mass is 16.1. The third-order valence-corrected chi connectivity index (χ3v) is 3.76. The number of amides is 1. The molecule has 3 rings (SSSR count). The van der Waals surface area contributed by atoms with Crippen LogP contribution in [0.2, 0.25) is 0 Å². The summed E-state index contributed by atoms with van der Waals surface area (Å²) in [5, 5.41) is 14.1. The minimum Gasteiger partial charge on any atom is -0.347 e. The molecule has 126 valence electrons. The van der Waals surface area contributed by atoms with Gasteiger partial charge in [-0.3, -0.25) is 9.78 Å². The van der Waals surface area contributed by atoms with Crippen LogP contribution in [0.1, 0.15) is 27.2 Å². The number of aryl methyl sites for hydroxylation is 2. The zero-order valence-corrected chi connectivity index (χ0v) is 14.2. The topological polar surface area (TPSA) is 79.8 Å². The molecule has 3 aromatic rings. The van der Waals surface area contributed by atoms with Crippen molar-refractivity contribution in [3.8, 4) is 0 Å². The van der Waals surface area contributed by atoms with E-state index in [1.165, 1.54) is 0 Å². The Morgan fingerprint density at radius 2 is 1.80 bits per heavy atom. The maximum absolute atomic E-state index is 12.1. The summed E-state index contributed by atoms with van der Waals surface area (Å²) in [5.41, 5.74) is 4.51. The van der Waals surface area contributed by atoms with E-state index in [1.807, 2.05) is 38.1 Å².